The lowest BCUT2D eigenvalue weighted by atomic mass is 9.94. The van der Waals surface area contributed by atoms with E-state index in [-0.39, 0.29) is 5.60 Å². The third kappa shape index (κ3) is 4.01. The molecule has 0 aromatic carbocycles. The Bertz CT molecular complexity index is 201. The lowest BCUT2D eigenvalue weighted by molar-refractivity contribution is -0.0535. The number of likely N-dealkylation sites (tertiary alicyclic amines) is 1. The van der Waals surface area contributed by atoms with Gasteiger partial charge in [-0.3, -0.25) is 4.90 Å². The second-order valence-corrected chi connectivity index (χ2v) is 4.93. The van der Waals surface area contributed by atoms with Crippen LogP contribution in [0.1, 0.15) is 19.8 Å². The van der Waals surface area contributed by atoms with Crippen molar-refractivity contribution in [3.8, 4) is 0 Å². The van der Waals surface area contributed by atoms with Crippen molar-refractivity contribution in [1.82, 2.24) is 10.2 Å². The summed E-state index contributed by atoms with van der Waals surface area (Å²) in [6, 6.07) is 0.407. The zero-order valence-corrected chi connectivity index (χ0v) is 11.1. The summed E-state index contributed by atoms with van der Waals surface area (Å²) >= 11 is 0. The van der Waals surface area contributed by atoms with Crippen LogP contribution in [0, 0.1) is 0 Å². The molecule has 96 valence electrons. The number of ether oxygens (including phenoxy) is 2. The summed E-state index contributed by atoms with van der Waals surface area (Å²) < 4.78 is 10.8. The summed E-state index contributed by atoms with van der Waals surface area (Å²) in [5.74, 6) is 0. The predicted octanol–water partition coefficient (Wildman–Crippen LogP) is 0.722. The highest BCUT2D eigenvalue weighted by Gasteiger charge is 2.31. The van der Waals surface area contributed by atoms with Crippen molar-refractivity contribution in [3.05, 3.63) is 0 Å². The second kappa shape index (κ2) is 6.55. The first-order chi connectivity index (χ1) is 7.63. The Balaban J connectivity index is 2.41. The van der Waals surface area contributed by atoms with Gasteiger partial charge in [0.1, 0.15) is 0 Å². The Hall–Kier alpha value is -0.160. The molecule has 2 atom stereocenters. The van der Waals surface area contributed by atoms with E-state index < -0.39 is 0 Å². The van der Waals surface area contributed by atoms with E-state index in [1.807, 2.05) is 14.2 Å². The smallest absolute Gasteiger partial charge is 0.0777 e. The zero-order chi connectivity index (χ0) is 12.0. The van der Waals surface area contributed by atoms with Gasteiger partial charge in [0, 0.05) is 33.4 Å². The Labute approximate surface area is 99.3 Å². The first-order valence-electron chi connectivity index (χ1n) is 6.07. The van der Waals surface area contributed by atoms with Crippen LogP contribution >= 0.6 is 0 Å². The number of piperidine rings is 1. The number of hydrogen-bond acceptors (Lipinski definition) is 4. The SMILES string of the molecule is CNC(COC)CN1CCCC(C)(OC)C1. The number of likely N-dealkylation sites (N-methyl/N-ethyl adjacent to an activating group) is 1. The van der Waals surface area contributed by atoms with Crippen molar-refractivity contribution < 1.29 is 9.47 Å². The minimum Gasteiger partial charge on any atom is -0.383 e. The van der Waals surface area contributed by atoms with E-state index >= 15 is 0 Å². The average molecular weight is 230 g/mol. The second-order valence-electron chi connectivity index (χ2n) is 4.93. The molecule has 16 heavy (non-hydrogen) atoms. The van der Waals surface area contributed by atoms with Crippen LogP contribution in [-0.4, -0.2) is 64.1 Å². The van der Waals surface area contributed by atoms with Gasteiger partial charge >= 0.3 is 0 Å². The first kappa shape index (κ1) is 13.9. The van der Waals surface area contributed by atoms with Gasteiger partial charge in [0.2, 0.25) is 0 Å². The van der Waals surface area contributed by atoms with Crippen LogP contribution in [-0.2, 0) is 9.47 Å². The van der Waals surface area contributed by atoms with Crippen LogP contribution in [0.2, 0.25) is 0 Å². The molecule has 2 unspecified atom stereocenters. The minimum absolute atomic E-state index is 0.0314. The topological polar surface area (TPSA) is 33.7 Å². The van der Waals surface area contributed by atoms with E-state index in [1.165, 1.54) is 13.0 Å². The molecule has 0 aliphatic carbocycles. The summed E-state index contributed by atoms with van der Waals surface area (Å²) in [5.41, 5.74) is 0.0314. The lowest BCUT2D eigenvalue weighted by Gasteiger charge is -2.40. The largest absolute Gasteiger partial charge is 0.383 e. The maximum Gasteiger partial charge on any atom is 0.0777 e. The Morgan fingerprint density at radius 1 is 1.44 bits per heavy atom. The molecule has 1 heterocycles. The maximum atomic E-state index is 5.59. The fourth-order valence-electron chi connectivity index (χ4n) is 2.37. The van der Waals surface area contributed by atoms with Gasteiger partial charge in [0.05, 0.1) is 12.2 Å². The summed E-state index contributed by atoms with van der Waals surface area (Å²) in [7, 11) is 5.55. The van der Waals surface area contributed by atoms with Crippen LogP contribution in [0.4, 0.5) is 0 Å². The van der Waals surface area contributed by atoms with E-state index in [2.05, 4.69) is 17.1 Å². The molecule has 1 aliphatic heterocycles. The molecule has 1 saturated heterocycles. The standard InChI is InChI=1S/C12H26N2O2/c1-12(16-4)6-5-7-14(10-12)8-11(13-2)9-15-3/h11,13H,5-10H2,1-4H3. The third-order valence-electron chi connectivity index (χ3n) is 3.49. The number of nitrogens with one attached hydrogen (secondary N) is 1. The quantitative estimate of drug-likeness (QED) is 0.729. The van der Waals surface area contributed by atoms with Gasteiger partial charge < -0.3 is 14.8 Å². The lowest BCUT2D eigenvalue weighted by Crippen LogP contribution is -2.51. The molecule has 1 fully saturated rings. The van der Waals surface area contributed by atoms with Crippen molar-refractivity contribution in [2.24, 2.45) is 0 Å². The molecular formula is C12H26N2O2. The molecule has 0 aromatic rings. The molecule has 0 radical (unpaired) electrons. The fraction of sp³-hybridized carbons (Fsp3) is 1.00. The Kier molecular flexibility index (Phi) is 5.69. The van der Waals surface area contributed by atoms with Crippen LogP contribution in [0.3, 0.4) is 0 Å². The molecule has 0 saturated carbocycles. The van der Waals surface area contributed by atoms with E-state index in [9.17, 15) is 0 Å². The van der Waals surface area contributed by atoms with Gasteiger partial charge in [0.15, 0.2) is 0 Å². The van der Waals surface area contributed by atoms with Crippen molar-refractivity contribution >= 4 is 0 Å². The third-order valence-corrected chi connectivity index (χ3v) is 3.49. The fourth-order valence-corrected chi connectivity index (χ4v) is 2.37. The van der Waals surface area contributed by atoms with Crippen molar-refractivity contribution in [2.45, 2.75) is 31.4 Å². The van der Waals surface area contributed by atoms with E-state index in [1.54, 1.807) is 7.11 Å². The van der Waals surface area contributed by atoms with Gasteiger partial charge in [-0.2, -0.15) is 0 Å². The summed E-state index contributed by atoms with van der Waals surface area (Å²) in [5, 5.41) is 3.29. The molecule has 1 N–H and O–H groups in total. The maximum absolute atomic E-state index is 5.59. The molecular weight excluding hydrogens is 204 g/mol. The zero-order valence-electron chi connectivity index (χ0n) is 11.1. The minimum atomic E-state index is 0.0314. The van der Waals surface area contributed by atoms with E-state index in [0.717, 1.165) is 26.1 Å². The van der Waals surface area contributed by atoms with Gasteiger partial charge in [-0.25, -0.2) is 0 Å². The summed E-state index contributed by atoms with van der Waals surface area (Å²) in [6.45, 7) is 6.18. The highest BCUT2D eigenvalue weighted by Crippen LogP contribution is 2.23. The number of hydrogen-bond donors (Lipinski definition) is 1. The van der Waals surface area contributed by atoms with E-state index in [0.29, 0.717) is 6.04 Å². The van der Waals surface area contributed by atoms with Gasteiger partial charge in [-0.15, -0.1) is 0 Å². The molecule has 0 bridgehead atoms. The Morgan fingerprint density at radius 3 is 2.75 bits per heavy atom. The average Bonchev–Trinajstić information content (AvgIpc) is 2.29. The molecule has 0 aromatic heterocycles. The summed E-state index contributed by atoms with van der Waals surface area (Å²) in [6.07, 6.45) is 2.38. The molecule has 0 spiro atoms. The predicted molar refractivity (Wildman–Crippen MR) is 65.8 cm³/mol. The molecule has 1 rings (SSSR count). The molecule has 1 aliphatic rings. The molecule has 4 heteroatoms. The van der Waals surface area contributed by atoms with Crippen LogP contribution in [0.15, 0.2) is 0 Å². The van der Waals surface area contributed by atoms with Gasteiger partial charge in [0.25, 0.3) is 0 Å². The van der Waals surface area contributed by atoms with Gasteiger partial charge in [-0.1, -0.05) is 0 Å². The summed E-state index contributed by atoms with van der Waals surface area (Å²) in [4.78, 5) is 2.47. The Morgan fingerprint density at radius 2 is 2.19 bits per heavy atom. The van der Waals surface area contributed by atoms with Crippen molar-refractivity contribution in [3.63, 3.8) is 0 Å². The number of methoxy groups -OCH3 is 2. The highest BCUT2D eigenvalue weighted by atomic mass is 16.5. The first-order valence-corrected chi connectivity index (χ1v) is 6.07. The van der Waals surface area contributed by atoms with Crippen LogP contribution < -0.4 is 5.32 Å². The highest BCUT2D eigenvalue weighted by molar-refractivity contribution is 4.86. The van der Waals surface area contributed by atoms with Gasteiger partial charge in [-0.05, 0) is 33.4 Å². The molecule has 4 nitrogen and oxygen atoms in total. The normalized spacial score (nSPS) is 29.2. The van der Waals surface area contributed by atoms with Crippen LogP contribution in [0.5, 0.6) is 0 Å². The van der Waals surface area contributed by atoms with Crippen LogP contribution in [0.25, 0.3) is 0 Å². The van der Waals surface area contributed by atoms with Crippen molar-refractivity contribution in [1.29, 1.82) is 0 Å². The van der Waals surface area contributed by atoms with E-state index in [4.69, 9.17) is 9.47 Å². The molecule has 0 amide bonds. The number of rotatable bonds is 6. The van der Waals surface area contributed by atoms with Crippen molar-refractivity contribution in [2.75, 3.05) is 47.5 Å². The number of nitrogens with zero attached hydrogens (tertiary/aromatic N) is 1. The monoisotopic (exact) mass is 230 g/mol.